The van der Waals surface area contributed by atoms with Crippen LogP contribution in [0.15, 0.2) is 42.5 Å². The summed E-state index contributed by atoms with van der Waals surface area (Å²) in [5.74, 6) is 0. The van der Waals surface area contributed by atoms with Gasteiger partial charge in [0.1, 0.15) is 0 Å². The van der Waals surface area contributed by atoms with Crippen molar-refractivity contribution in [1.82, 2.24) is 0 Å². The number of allylic oxidation sites excluding steroid dienone is 1. The summed E-state index contributed by atoms with van der Waals surface area (Å²) < 4.78 is 0. The lowest BCUT2D eigenvalue weighted by atomic mass is 9.80. The number of hydrogen-bond donors (Lipinski definition) is 1. The first kappa shape index (κ1) is 9.47. The molecular weight excluding hydrogens is 172 g/mol. The predicted molar refractivity (Wildman–Crippen MR) is 57.9 cm³/mol. The molecule has 1 heteroatoms. The molecule has 1 N–H and O–H groups in total. The average Bonchev–Trinajstić information content (AvgIpc) is 2.67. The summed E-state index contributed by atoms with van der Waals surface area (Å²) in [4.78, 5) is 0. The molecule has 0 spiro atoms. The Morgan fingerprint density at radius 1 is 1.29 bits per heavy atom. The minimum Gasteiger partial charge on any atom is -0.388 e. The van der Waals surface area contributed by atoms with Gasteiger partial charge >= 0.3 is 0 Å². The first-order valence-corrected chi connectivity index (χ1v) is 5.13. The van der Waals surface area contributed by atoms with Gasteiger partial charge in [0, 0.05) is 5.41 Å². The second-order valence-corrected chi connectivity index (χ2v) is 4.26. The lowest BCUT2D eigenvalue weighted by Crippen LogP contribution is -2.20. The first-order chi connectivity index (χ1) is 6.72. The summed E-state index contributed by atoms with van der Waals surface area (Å²) in [7, 11) is 0. The maximum atomic E-state index is 10.2. The number of aliphatic hydroxyl groups is 1. The maximum Gasteiger partial charge on any atom is 0.0878 e. The van der Waals surface area contributed by atoms with Gasteiger partial charge in [-0.15, -0.1) is 0 Å². The monoisotopic (exact) mass is 188 g/mol. The Balaban J connectivity index is 2.24. The summed E-state index contributed by atoms with van der Waals surface area (Å²) in [5, 5.41) is 10.2. The first-order valence-electron chi connectivity index (χ1n) is 5.13. The van der Waals surface area contributed by atoms with E-state index in [1.165, 1.54) is 0 Å². The van der Waals surface area contributed by atoms with Crippen LogP contribution in [-0.4, -0.2) is 5.11 Å². The lowest BCUT2D eigenvalue weighted by molar-refractivity contribution is 0.0697. The Hall–Kier alpha value is -1.08. The Labute approximate surface area is 85.1 Å². The van der Waals surface area contributed by atoms with Crippen LogP contribution in [0.1, 0.15) is 31.4 Å². The zero-order chi connectivity index (χ0) is 10.0. The van der Waals surface area contributed by atoms with E-state index in [0.29, 0.717) is 0 Å². The molecule has 1 aromatic rings. The van der Waals surface area contributed by atoms with E-state index in [1.54, 1.807) is 0 Å². The Kier molecular flexibility index (Phi) is 2.42. The molecule has 0 saturated carbocycles. The third-order valence-electron chi connectivity index (χ3n) is 3.09. The summed E-state index contributed by atoms with van der Waals surface area (Å²) in [5.41, 5.74) is 0.947. The molecule has 0 heterocycles. The van der Waals surface area contributed by atoms with Crippen molar-refractivity contribution < 1.29 is 5.11 Å². The third kappa shape index (κ3) is 1.60. The maximum absolute atomic E-state index is 10.2. The van der Waals surface area contributed by atoms with Gasteiger partial charge in [0.15, 0.2) is 0 Å². The third-order valence-corrected chi connectivity index (χ3v) is 3.09. The standard InChI is InChI=1S/C13H16O/c1-13(9-5-6-10-13)12(14)11-7-3-2-4-8-11/h2-5,7-9,12,14H,6,10H2,1H3/t12-,13+/m0/s1. The van der Waals surface area contributed by atoms with Crippen LogP contribution in [0.25, 0.3) is 0 Å². The molecule has 2 atom stereocenters. The molecule has 14 heavy (non-hydrogen) atoms. The van der Waals surface area contributed by atoms with Crippen LogP contribution in [0.2, 0.25) is 0 Å². The van der Waals surface area contributed by atoms with E-state index >= 15 is 0 Å². The van der Waals surface area contributed by atoms with Crippen molar-refractivity contribution in [2.75, 3.05) is 0 Å². The van der Waals surface area contributed by atoms with Crippen LogP contribution in [0, 0.1) is 5.41 Å². The zero-order valence-corrected chi connectivity index (χ0v) is 8.48. The van der Waals surface area contributed by atoms with Gasteiger partial charge < -0.3 is 5.11 Å². The van der Waals surface area contributed by atoms with E-state index in [9.17, 15) is 5.11 Å². The summed E-state index contributed by atoms with van der Waals surface area (Å²) >= 11 is 0. The van der Waals surface area contributed by atoms with E-state index in [1.807, 2.05) is 30.3 Å². The molecule has 0 fully saturated rings. The molecule has 74 valence electrons. The van der Waals surface area contributed by atoms with Gasteiger partial charge in [-0.3, -0.25) is 0 Å². The van der Waals surface area contributed by atoms with Crippen LogP contribution in [0.3, 0.4) is 0 Å². The fourth-order valence-corrected chi connectivity index (χ4v) is 2.07. The van der Waals surface area contributed by atoms with Crippen molar-refractivity contribution in [1.29, 1.82) is 0 Å². The second-order valence-electron chi connectivity index (χ2n) is 4.26. The lowest BCUT2D eigenvalue weighted by Gasteiger charge is -2.28. The van der Waals surface area contributed by atoms with E-state index in [2.05, 4.69) is 19.1 Å². The molecule has 0 aromatic heterocycles. The van der Waals surface area contributed by atoms with E-state index in [-0.39, 0.29) is 11.5 Å². The van der Waals surface area contributed by atoms with Crippen molar-refractivity contribution in [2.45, 2.75) is 25.9 Å². The normalized spacial score (nSPS) is 27.9. The van der Waals surface area contributed by atoms with E-state index in [0.717, 1.165) is 18.4 Å². The average molecular weight is 188 g/mol. The van der Waals surface area contributed by atoms with Crippen LogP contribution in [0.5, 0.6) is 0 Å². The van der Waals surface area contributed by atoms with Crippen molar-refractivity contribution in [3.8, 4) is 0 Å². The highest BCUT2D eigenvalue weighted by Crippen LogP contribution is 2.42. The Morgan fingerprint density at radius 3 is 2.57 bits per heavy atom. The fraction of sp³-hybridized carbons (Fsp3) is 0.385. The largest absolute Gasteiger partial charge is 0.388 e. The van der Waals surface area contributed by atoms with Gasteiger partial charge in [0.2, 0.25) is 0 Å². The molecule has 0 radical (unpaired) electrons. The van der Waals surface area contributed by atoms with Gasteiger partial charge in [-0.25, -0.2) is 0 Å². The van der Waals surface area contributed by atoms with Crippen molar-refractivity contribution in [3.05, 3.63) is 48.0 Å². The summed E-state index contributed by atoms with van der Waals surface area (Å²) in [6.07, 6.45) is 6.06. The molecule has 2 rings (SSSR count). The molecule has 0 saturated heterocycles. The highest BCUT2D eigenvalue weighted by Gasteiger charge is 2.33. The van der Waals surface area contributed by atoms with Crippen LogP contribution >= 0.6 is 0 Å². The minimum atomic E-state index is -0.373. The molecule has 0 amide bonds. The smallest absolute Gasteiger partial charge is 0.0878 e. The highest BCUT2D eigenvalue weighted by atomic mass is 16.3. The molecule has 1 nitrogen and oxygen atoms in total. The quantitative estimate of drug-likeness (QED) is 0.707. The zero-order valence-electron chi connectivity index (χ0n) is 8.48. The minimum absolute atomic E-state index is 0.0681. The predicted octanol–water partition coefficient (Wildman–Crippen LogP) is 3.08. The topological polar surface area (TPSA) is 20.2 Å². The second kappa shape index (κ2) is 3.58. The van der Waals surface area contributed by atoms with Gasteiger partial charge in [0.05, 0.1) is 6.10 Å². The van der Waals surface area contributed by atoms with Gasteiger partial charge in [-0.2, -0.15) is 0 Å². The van der Waals surface area contributed by atoms with Crippen molar-refractivity contribution in [2.24, 2.45) is 5.41 Å². The summed E-state index contributed by atoms with van der Waals surface area (Å²) in [6.45, 7) is 2.12. The van der Waals surface area contributed by atoms with Crippen LogP contribution < -0.4 is 0 Å². The number of aliphatic hydroxyl groups excluding tert-OH is 1. The van der Waals surface area contributed by atoms with Crippen LogP contribution in [-0.2, 0) is 0 Å². The molecule has 0 bridgehead atoms. The highest BCUT2D eigenvalue weighted by molar-refractivity contribution is 5.23. The SMILES string of the molecule is C[C@@]1([C@@H](O)c2ccccc2)C=CCC1. The summed E-state index contributed by atoms with van der Waals surface area (Å²) in [6, 6.07) is 9.90. The van der Waals surface area contributed by atoms with Gasteiger partial charge in [0.25, 0.3) is 0 Å². The number of benzene rings is 1. The van der Waals surface area contributed by atoms with Gasteiger partial charge in [-0.1, -0.05) is 49.4 Å². The van der Waals surface area contributed by atoms with E-state index < -0.39 is 0 Å². The molecule has 1 aromatic carbocycles. The number of rotatable bonds is 2. The van der Waals surface area contributed by atoms with Crippen molar-refractivity contribution in [3.63, 3.8) is 0 Å². The van der Waals surface area contributed by atoms with Crippen molar-refractivity contribution >= 4 is 0 Å². The fourth-order valence-electron chi connectivity index (χ4n) is 2.07. The molecule has 0 unspecified atom stereocenters. The Morgan fingerprint density at radius 2 is 2.00 bits per heavy atom. The molecular formula is C13H16O. The molecule has 0 aliphatic heterocycles. The Bertz CT molecular complexity index is 328. The number of hydrogen-bond acceptors (Lipinski definition) is 1. The molecule has 1 aliphatic rings. The van der Waals surface area contributed by atoms with E-state index in [4.69, 9.17) is 0 Å². The molecule has 1 aliphatic carbocycles. The van der Waals surface area contributed by atoms with Crippen LogP contribution in [0.4, 0.5) is 0 Å². The van der Waals surface area contributed by atoms with Gasteiger partial charge in [-0.05, 0) is 18.4 Å².